The van der Waals surface area contributed by atoms with E-state index < -0.39 is 9.84 Å². The van der Waals surface area contributed by atoms with Crippen LogP contribution in [0.15, 0.2) is 12.2 Å². The molecule has 0 amide bonds. The molecule has 0 aliphatic carbocycles. The summed E-state index contributed by atoms with van der Waals surface area (Å²) in [5.74, 6) is 0.344. The fraction of sp³-hybridized carbons (Fsp3) is 0.895. The van der Waals surface area contributed by atoms with E-state index in [1.54, 1.807) is 0 Å². The predicted octanol–water partition coefficient (Wildman–Crippen LogP) is 5.04. The van der Waals surface area contributed by atoms with Gasteiger partial charge in [0.05, 0.1) is 0 Å². The van der Waals surface area contributed by atoms with E-state index in [-0.39, 0.29) is 0 Å². The lowest BCUT2D eigenvalue weighted by Crippen LogP contribution is -2.02. The van der Waals surface area contributed by atoms with E-state index in [0.29, 0.717) is 12.4 Å². The monoisotopic (exact) mass is 346 g/mol. The highest BCUT2D eigenvalue weighted by atomic mass is 32.2. The topological polar surface area (TPSA) is 54.4 Å². The van der Waals surface area contributed by atoms with Crippen LogP contribution in [-0.2, 0) is 9.84 Å². The molecular formula is C19H38O3S. The van der Waals surface area contributed by atoms with E-state index in [9.17, 15) is 8.42 Å². The lowest BCUT2D eigenvalue weighted by atomic mass is 10.1. The summed E-state index contributed by atoms with van der Waals surface area (Å²) in [5, 5.41) is 8.68. The molecule has 0 saturated heterocycles. The van der Waals surface area contributed by atoms with Crippen LogP contribution in [-0.4, -0.2) is 32.1 Å². The zero-order valence-corrected chi connectivity index (χ0v) is 16.0. The molecule has 0 rings (SSSR count). The lowest BCUT2D eigenvalue weighted by Gasteiger charge is -2.00. The van der Waals surface area contributed by atoms with Crippen LogP contribution in [0.1, 0.15) is 89.9 Å². The number of hydrogen-bond acceptors (Lipinski definition) is 3. The van der Waals surface area contributed by atoms with Gasteiger partial charge in [0.1, 0.15) is 9.84 Å². The number of sulfone groups is 1. The van der Waals surface area contributed by atoms with Crippen molar-refractivity contribution in [2.24, 2.45) is 0 Å². The van der Waals surface area contributed by atoms with Gasteiger partial charge in [-0.2, -0.15) is 0 Å². The molecule has 0 saturated carbocycles. The Bertz CT molecular complexity index is 361. The minimum atomic E-state index is -2.76. The Balaban J connectivity index is 3.14. The van der Waals surface area contributed by atoms with Crippen LogP contribution in [0.5, 0.6) is 0 Å². The van der Waals surface area contributed by atoms with E-state index in [2.05, 4.69) is 12.2 Å². The molecule has 3 nitrogen and oxygen atoms in total. The maximum absolute atomic E-state index is 11.0. The zero-order chi connectivity index (χ0) is 17.2. The normalized spacial score (nSPS) is 12.3. The Hall–Kier alpha value is -0.350. The first-order valence-corrected chi connectivity index (χ1v) is 11.6. The molecule has 0 aromatic carbocycles. The molecule has 0 atom stereocenters. The highest BCUT2D eigenvalue weighted by Crippen LogP contribution is 2.10. The molecule has 4 heteroatoms. The number of aliphatic hydroxyl groups is 1. The van der Waals surface area contributed by atoms with Gasteiger partial charge in [0.25, 0.3) is 0 Å². The van der Waals surface area contributed by atoms with Gasteiger partial charge in [-0.25, -0.2) is 8.42 Å². The second-order valence-electron chi connectivity index (χ2n) is 6.64. The van der Waals surface area contributed by atoms with Crippen LogP contribution >= 0.6 is 0 Å². The van der Waals surface area contributed by atoms with E-state index in [4.69, 9.17) is 5.11 Å². The average molecular weight is 347 g/mol. The Labute approximate surface area is 144 Å². The van der Waals surface area contributed by atoms with Gasteiger partial charge in [-0.1, -0.05) is 63.5 Å². The Kier molecular flexibility index (Phi) is 16.3. The van der Waals surface area contributed by atoms with Crippen LogP contribution < -0.4 is 0 Å². The standard InChI is InChI=1S/C19H38O3S/c1-23(21,22)19-17-15-13-11-9-7-5-3-2-4-6-8-10-12-14-16-18-20/h2-3,20H,4-19H2,1H3/b3-2-. The van der Waals surface area contributed by atoms with Gasteiger partial charge in [0.2, 0.25) is 0 Å². The molecule has 0 spiro atoms. The van der Waals surface area contributed by atoms with Crippen molar-refractivity contribution >= 4 is 9.84 Å². The SMILES string of the molecule is CS(=O)(=O)CCCCCCCC/C=C\CCCCCCCCO. The van der Waals surface area contributed by atoms with Gasteiger partial charge in [-0.3, -0.25) is 0 Å². The first-order valence-electron chi connectivity index (χ1n) is 9.50. The number of rotatable bonds is 17. The second kappa shape index (κ2) is 16.5. The number of allylic oxidation sites excluding steroid dienone is 2. The molecule has 0 aliphatic heterocycles. The molecule has 23 heavy (non-hydrogen) atoms. The summed E-state index contributed by atoms with van der Waals surface area (Å²) in [5.41, 5.74) is 0. The molecule has 0 radical (unpaired) electrons. The molecule has 0 aromatic rings. The zero-order valence-electron chi connectivity index (χ0n) is 15.1. The van der Waals surface area contributed by atoms with Crippen LogP contribution in [0.3, 0.4) is 0 Å². The highest BCUT2D eigenvalue weighted by Gasteiger charge is 2.00. The molecule has 0 aliphatic rings. The molecule has 0 unspecified atom stereocenters. The van der Waals surface area contributed by atoms with Crippen molar-refractivity contribution in [3.05, 3.63) is 12.2 Å². The summed E-state index contributed by atoms with van der Waals surface area (Å²) in [4.78, 5) is 0. The van der Waals surface area contributed by atoms with Crippen LogP contribution in [0.4, 0.5) is 0 Å². The van der Waals surface area contributed by atoms with Crippen molar-refractivity contribution in [3.8, 4) is 0 Å². The van der Waals surface area contributed by atoms with E-state index in [1.807, 2.05) is 0 Å². The molecule has 0 heterocycles. The van der Waals surface area contributed by atoms with Crippen molar-refractivity contribution in [1.29, 1.82) is 0 Å². The first kappa shape index (κ1) is 22.6. The summed E-state index contributed by atoms with van der Waals surface area (Å²) in [6.45, 7) is 0.337. The summed E-state index contributed by atoms with van der Waals surface area (Å²) in [6.07, 6.45) is 22.4. The van der Waals surface area contributed by atoms with Crippen molar-refractivity contribution in [1.82, 2.24) is 0 Å². The maximum Gasteiger partial charge on any atom is 0.147 e. The lowest BCUT2D eigenvalue weighted by molar-refractivity contribution is 0.282. The fourth-order valence-electron chi connectivity index (χ4n) is 2.65. The smallest absolute Gasteiger partial charge is 0.147 e. The average Bonchev–Trinajstić information content (AvgIpc) is 2.49. The van der Waals surface area contributed by atoms with Crippen LogP contribution in [0.2, 0.25) is 0 Å². The Morgan fingerprint density at radius 2 is 1.04 bits per heavy atom. The first-order chi connectivity index (χ1) is 11.1. The van der Waals surface area contributed by atoms with Gasteiger partial charge in [-0.15, -0.1) is 0 Å². The Morgan fingerprint density at radius 3 is 1.48 bits per heavy atom. The third-order valence-electron chi connectivity index (χ3n) is 4.08. The number of unbranched alkanes of at least 4 members (excludes halogenated alkanes) is 12. The number of hydrogen-bond donors (Lipinski definition) is 1. The number of aliphatic hydroxyl groups excluding tert-OH is 1. The highest BCUT2D eigenvalue weighted by molar-refractivity contribution is 7.90. The molecule has 0 fully saturated rings. The van der Waals surface area contributed by atoms with Gasteiger partial charge in [0.15, 0.2) is 0 Å². The third-order valence-corrected chi connectivity index (χ3v) is 5.11. The molecular weight excluding hydrogens is 308 g/mol. The summed E-state index contributed by atoms with van der Waals surface area (Å²) in [7, 11) is -2.76. The second-order valence-corrected chi connectivity index (χ2v) is 8.90. The minimum Gasteiger partial charge on any atom is -0.396 e. The van der Waals surface area contributed by atoms with Crippen LogP contribution in [0.25, 0.3) is 0 Å². The van der Waals surface area contributed by atoms with Crippen LogP contribution in [0, 0.1) is 0 Å². The fourth-order valence-corrected chi connectivity index (χ4v) is 3.38. The molecule has 1 N–H and O–H groups in total. The van der Waals surface area contributed by atoms with E-state index in [0.717, 1.165) is 25.7 Å². The van der Waals surface area contributed by atoms with Crippen molar-refractivity contribution in [2.75, 3.05) is 18.6 Å². The molecule has 0 aromatic heterocycles. The van der Waals surface area contributed by atoms with Gasteiger partial charge in [-0.05, 0) is 38.5 Å². The largest absolute Gasteiger partial charge is 0.396 e. The van der Waals surface area contributed by atoms with Gasteiger partial charge < -0.3 is 5.11 Å². The molecule has 138 valence electrons. The quantitative estimate of drug-likeness (QED) is 0.296. The minimum absolute atomic E-state index is 0.337. The van der Waals surface area contributed by atoms with Crippen molar-refractivity contribution in [2.45, 2.75) is 89.9 Å². The predicted molar refractivity (Wildman–Crippen MR) is 101 cm³/mol. The molecule has 0 bridgehead atoms. The van der Waals surface area contributed by atoms with Gasteiger partial charge in [0, 0.05) is 18.6 Å². The maximum atomic E-state index is 11.0. The van der Waals surface area contributed by atoms with E-state index in [1.165, 1.54) is 70.5 Å². The summed E-state index contributed by atoms with van der Waals surface area (Å²) in [6, 6.07) is 0. The van der Waals surface area contributed by atoms with Gasteiger partial charge >= 0.3 is 0 Å². The van der Waals surface area contributed by atoms with E-state index >= 15 is 0 Å². The van der Waals surface area contributed by atoms with Crippen molar-refractivity contribution < 1.29 is 13.5 Å². The Morgan fingerprint density at radius 1 is 0.652 bits per heavy atom. The summed E-state index contributed by atoms with van der Waals surface area (Å²) >= 11 is 0. The third kappa shape index (κ3) is 21.6. The summed E-state index contributed by atoms with van der Waals surface area (Å²) < 4.78 is 21.9. The van der Waals surface area contributed by atoms with Crippen molar-refractivity contribution in [3.63, 3.8) is 0 Å².